The van der Waals surface area contributed by atoms with Crippen molar-refractivity contribution in [2.45, 2.75) is 0 Å². The van der Waals surface area contributed by atoms with E-state index in [9.17, 15) is 9.59 Å². The summed E-state index contributed by atoms with van der Waals surface area (Å²) in [6.07, 6.45) is 0. The van der Waals surface area contributed by atoms with Crippen molar-refractivity contribution in [3.63, 3.8) is 0 Å². The first kappa shape index (κ1) is 14.7. The summed E-state index contributed by atoms with van der Waals surface area (Å²) in [5.74, 6) is -0.765. The lowest BCUT2D eigenvalue weighted by Crippen LogP contribution is -2.32. The van der Waals surface area contributed by atoms with Gasteiger partial charge in [-0.15, -0.1) is 0 Å². The zero-order chi connectivity index (χ0) is 13.5. The van der Waals surface area contributed by atoms with Gasteiger partial charge in [-0.05, 0) is 34.1 Å². The quantitative estimate of drug-likeness (QED) is 0.758. The molecule has 0 aliphatic rings. The Balaban J connectivity index is 2.36. The highest BCUT2D eigenvalue weighted by Gasteiger charge is 2.06. The maximum atomic E-state index is 11.2. The number of ether oxygens (including phenoxy) is 1. The van der Waals surface area contributed by atoms with Gasteiger partial charge in [0, 0.05) is 5.02 Å². The van der Waals surface area contributed by atoms with Crippen molar-refractivity contribution in [2.75, 3.05) is 13.2 Å². The molecule has 0 unspecified atom stereocenters. The van der Waals surface area contributed by atoms with Crippen LogP contribution in [-0.4, -0.2) is 25.0 Å². The van der Waals surface area contributed by atoms with Gasteiger partial charge in [-0.25, -0.2) is 5.48 Å². The molecule has 8 heteroatoms. The van der Waals surface area contributed by atoms with Crippen LogP contribution in [0.4, 0.5) is 0 Å². The molecule has 18 heavy (non-hydrogen) atoms. The lowest BCUT2D eigenvalue weighted by atomic mass is 10.3. The van der Waals surface area contributed by atoms with Crippen LogP contribution in [0.2, 0.25) is 5.02 Å². The number of amides is 2. The van der Waals surface area contributed by atoms with Gasteiger partial charge in [0.2, 0.25) is 5.91 Å². The number of nitrogens with two attached hydrogens (primary N) is 1. The number of primary amides is 1. The minimum Gasteiger partial charge on any atom is -0.483 e. The Morgan fingerprint density at radius 3 is 2.72 bits per heavy atom. The highest BCUT2D eigenvalue weighted by molar-refractivity contribution is 9.10. The highest BCUT2D eigenvalue weighted by atomic mass is 79.9. The molecule has 2 amide bonds. The number of hydrogen-bond donors (Lipinski definition) is 2. The molecule has 1 aromatic carbocycles. The molecular formula is C10H10BrClN2O4. The fourth-order valence-electron chi connectivity index (χ4n) is 0.953. The van der Waals surface area contributed by atoms with Crippen molar-refractivity contribution < 1.29 is 19.2 Å². The van der Waals surface area contributed by atoms with Crippen LogP contribution in [-0.2, 0) is 14.4 Å². The third-order valence-electron chi connectivity index (χ3n) is 1.65. The van der Waals surface area contributed by atoms with E-state index >= 15 is 0 Å². The minimum absolute atomic E-state index is 0.265. The Morgan fingerprint density at radius 1 is 1.39 bits per heavy atom. The third-order valence-corrected chi connectivity index (χ3v) is 2.51. The van der Waals surface area contributed by atoms with Crippen LogP contribution in [0.5, 0.6) is 5.75 Å². The second-order valence-corrected chi connectivity index (χ2v) is 4.43. The molecule has 0 saturated carbocycles. The van der Waals surface area contributed by atoms with Gasteiger partial charge in [-0.1, -0.05) is 11.6 Å². The van der Waals surface area contributed by atoms with Crippen molar-refractivity contribution in [1.82, 2.24) is 5.48 Å². The number of halogens is 2. The monoisotopic (exact) mass is 336 g/mol. The van der Waals surface area contributed by atoms with Crippen molar-refractivity contribution >= 4 is 39.3 Å². The predicted octanol–water partition coefficient (Wildman–Crippen LogP) is 1.01. The SMILES string of the molecule is NC(=O)CONC(=O)COc1ccc(Cl)cc1Br. The molecule has 0 aromatic heterocycles. The van der Waals surface area contributed by atoms with Crippen LogP contribution >= 0.6 is 27.5 Å². The Labute approximate surface area is 116 Å². The van der Waals surface area contributed by atoms with E-state index in [-0.39, 0.29) is 6.61 Å². The zero-order valence-corrected chi connectivity index (χ0v) is 11.5. The van der Waals surface area contributed by atoms with Crippen LogP contribution in [0.1, 0.15) is 0 Å². The Morgan fingerprint density at radius 2 is 2.11 bits per heavy atom. The molecule has 0 aliphatic heterocycles. The first-order chi connectivity index (χ1) is 8.49. The summed E-state index contributed by atoms with van der Waals surface area (Å²) in [4.78, 5) is 26.1. The second-order valence-electron chi connectivity index (χ2n) is 3.14. The fraction of sp³-hybridized carbons (Fsp3) is 0.200. The third kappa shape index (κ3) is 5.35. The van der Waals surface area contributed by atoms with Crippen LogP contribution in [0.25, 0.3) is 0 Å². The molecule has 0 atom stereocenters. The van der Waals surface area contributed by atoms with Gasteiger partial charge in [0.25, 0.3) is 5.91 Å². The molecular weight excluding hydrogens is 327 g/mol. The summed E-state index contributed by atoms with van der Waals surface area (Å²) in [5.41, 5.74) is 6.82. The van der Waals surface area contributed by atoms with Crippen molar-refractivity contribution in [1.29, 1.82) is 0 Å². The molecule has 0 aliphatic carbocycles. The van der Waals surface area contributed by atoms with Crippen molar-refractivity contribution in [2.24, 2.45) is 5.73 Å². The Bertz CT molecular complexity index is 456. The number of nitrogens with one attached hydrogen (secondary N) is 1. The largest absolute Gasteiger partial charge is 0.483 e. The van der Waals surface area contributed by atoms with Crippen molar-refractivity contribution in [3.8, 4) is 5.75 Å². The molecule has 0 heterocycles. The first-order valence-corrected chi connectivity index (χ1v) is 5.93. The number of benzene rings is 1. The minimum atomic E-state index is -0.684. The van der Waals surface area contributed by atoms with Gasteiger partial charge < -0.3 is 10.5 Å². The van der Waals surface area contributed by atoms with Gasteiger partial charge in [-0.3, -0.25) is 14.4 Å². The maximum absolute atomic E-state index is 11.2. The molecule has 98 valence electrons. The van der Waals surface area contributed by atoms with Gasteiger partial charge in [0.1, 0.15) is 5.75 Å². The normalized spacial score (nSPS) is 9.89. The van der Waals surface area contributed by atoms with Crippen LogP contribution in [0, 0.1) is 0 Å². The standard InChI is InChI=1S/C10H10BrClN2O4/c11-7-3-6(12)1-2-8(7)17-5-10(16)14-18-4-9(13)15/h1-3H,4-5H2,(H2,13,15)(H,14,16). The van der Waals surface area contributed by atoms with E-state index in [0.29, 0.717) is 15.2 Å². The number of rotatable bonds is 6. The molecule has 1 rings (SSSR count). The van der Waals surface area contributed by atoms with Crippen LogP contribution in [0.15, 0.2) is 22.7 Å². The van der Waals surface area contributed by atoms with Crippen LogP contribution < -0.4 is 16.0 Å². The van der Waals surface area contributed by atoms with Crippen molar-refractivity contribution in [3.05, 3.63) is 27.7 Å². The average Bonchev–Trinajstić information content (AvgIpc) is 2.27. The number of carbonyl (C=O) groups is 2. The lowest BCUT2D eigenvalue weighted by molar-refractivity contribution is -0.139. The molecule has 0 fully saturated rings. The highest BCUT2D eigenvalue weighted by Crippen LogP contribution is 2.27. The molecule has 1 aromatic rings. The number of carbonyl (C=O) groups excluding carboxylic acids is 2. The van der Waals surface area contributed by atoms with Gasteiger partial charge >= 0.3 is 0 Å². The molecule has 0 saturated heterocycles. The van der Waals surface area contributed by atoms with E-state index in [1.165, 1.54) is 0 Å². The van der Waals surface area contributed by atoms with E-state index in [1.807, 2.05) is 5.48 Å². The first-order valence-electron chi connectivity index (χ1n) is 4.76. The Kier molecular flexibility index (Phi) is 5.90. The average molecular weight is 338 g/mol. The Hall–Kier alpha value is -1.31. The number of hydroxylamine groups is 1. The van der Waals surface area contributed by atoms with E-state index in [1.54, 1.807) is 18.2 Å². The van der Waals surface area contributed by atoms with E-state index in [0.717, 1.165) is 0 Å². The van der Waals surface area contributed by atoms with E-state index in [4.69, 9.17) is 22.1 Å². The number of hydrogen-bond acceptors (Lipinski definition) is 4. The molecule has 3 N–H and O–H groups in total. The fourth-order valence-corrected chi connectivity index (χ4v) is 1.75. The van der Waals surface area contributed by atoms with Crippen LogP contribution in [0.3, 0.4) is 0 Å². The summed E-state index contributed by atoms with van der Waals surface area (Å²) in [7, 11) is 0. The van der Waals surface area contributed by atoms with Gasteiger partial charge in [0.15, 0.2) is 13.2 Å². The topological polar surface area (TPSA) is 90.7 Å². The summed E-state index contributed by atoms with van der Waals surface area (Å²) in [6, 6.07) is 4.88. The van der Waals surface area contributed by atoms with Gasteiger partial charge in [0.05, 0.1) is 4.47 Å². The van der Waals surface area contributed by atoms with E-state index in [2.05, 4.69) is 20.8 Å². The molecule has 0 spiro atoms. The molecule has 0 bridgehead atoms. The molecule has 0 radical (unpaired) electrons. The summed E-state index contributed by atoms with van der Waals surface area (Å²) < 4.78 is 5.82. The predicted molar refractivity (Wildman–Crippen MR) is 67.9 cm³/mol. The summed E-state index contributed by atoms with van der Waals surface area (Å²) in [6.45, 7) is -0.657. The van der Waals surface area contributed by atoms with Gasteiger partial charge in [-0.2, -0.15) is 0 Å². The molecule has 6 nitrogen and oxygen atoms in total. The lowest BCUT2D eigenvalue weighted by Gasteiger charge is -2.08. The summed E-state index contributed by atoms with van der Waals surface area (Å²) in [5, 5.41) is 0.545. The smallest absolute Gasteiger partial charge is 0.281 e. The zero-order valence-electron chi connectivity index (χ0n) is 9.11. The maximum Gasteiger partial charge on any atom is 0.281 e. The van der Waals surface area contributed by atoms with E-state index < -0.39 is 18.4 Å². The second kappa shape index (κ2) is 7.20. The summed E-state index contributed by atoms with van der Waals surface area (Å²) >= 11 is 8.98.